The lowest BCUT2D eigenvalue weighted by Crippen LogP contribution is -2.36. The molecular formula is C28H27NO4S. The number of carbonyl (C=O) groups excluding carboxylic acids is 2. The van der Waals surface area contributed by atoms with Crippen LogP contribution in [0.5, 0.6) is 0 Å². The molecule has 0 saturated carbocycles. The van der Waals surface area contributed by atoms with E-state index < -0.39 is 11.9 Å². The molecule has 0 fully saturated rings. The number of ketones is 1. The zero-order valence-electron chi connectivity index (χ0n) is 19.3. The maximum absolute atomic E-state index is 13.5. The van der Waals surface area contributed by atoms with Crippen molar-refractivity contribution >= 4 is 23.1 Å². The van der Waals surface area contributed by atoms with Crippen molar-refractivity contribution in [2.24, 2.45) is 0 Å². The number of dihydropyridines is 1. The summed E-state index contributed by atoms with van der Waals surface area (Å²) in [6.07, 6.45) is 1.78. The third-order valence-corrected chi connectivity index (χ3v) is 7.54. The zero-order chi connectivity index (χ0) is 23.7. The monoisotopic (exact) mass is 473 g/mol. The van der Waals surface area contributed by atoms with Crippen molar-refractivity contribution in [1.82, 2.24) is 5.32 Å². The van der Waals surface area contributed by atoms with Crippen molar-refractivity contribution in [2.45, 2.75) is 44.9 Å². The molecular weight excluding hydrogens is 446 g/mol. The number of aryl methyl sites for hydroxylation is 1. The van der Waals surface area contributed by atoms with Gasteiger partial charge in [0.1, 0.15) is 11.5 Å². The number of allylic oxidation sites excluding steroid dienone is 3. The molecule has 0 spiro atoms. The second kappa shape index (κ2) is 9.47. The molecule has 2 aromatic heterocycles. The molecule has 5 rings (SSSR count). The Balaban J connectivity index is 1.44. The number of rotatable bonds is 6. The summed E-state index contributed by atoms with van der Waals surface area (Å²) >= 11 is 1.68. The summed E-state index contributed by atoms with van der Waals surface area (Å²) in [6, 6.07) is 17.8. The molecule has 3 heterocycles. The van der Waals surface area contributed by atoms with Crippen molar-refractivity contribution in [3.63, 3.8) is 0 Å². The molecule has 0 amide bonds. The van der Waals surface area contributed by atoms with Crippen LogP contribution in [0.4, 0.5) is 0 Å². The lowest BCUT2D eigenvalue weighted by atomic mass is 9.74. The van der Waals surface area contributed by atoms with Gasteiger partial charge < -0.3 is 14.5 Å². The number of thiophene rings is 1. The minimum absolute atomic E-state index is 0.0493. The van der Waals surface area contributed by atoms with Gasteiger partial charge >= 0.3 is 5.97 Å². The number of carbonyl (C=O) groups is 2. The number of nitrogens with one attached hydrogen (secondary N) is 1. The fourth-order valence-electron chi connectivity index (χ4n) is 4.91. The Bertz CT molecular complexity index is 1270. The second-order valence-corrected chi connectivity index (χ2v) is 9.83. The van der Waals surface area contributed by atoms with Gasteiger partial charge in [0.25, 0.3) is 0 Å². The summed E-state index contributed by atoms with van der Waals surface area (Å²) in [5.41, 5.74) is 3.77. The number of benzene rings is 1. The summed E-state index contributed by atoms with van der Waals surface area (Å²) in [5.74, 6) is 0.553. The lowest BCUT2D eigenvalue weighted by molar-refractivity contribution is -0.139. The Kier molecular flexibility index (Phi) is 6.24. The second-order valence-electron chi connectivity index (χ2n) is 8.85. The van der Waals surface area contributed by atoms with Crippen molar-refractivity contribution in [2.75, 3.05) is 6.61 Å². The predicted molar refractivity (Wildman–Crippen MR) is 131 cm³/mol. The van der Waals surface area contributed by atoms with E-state index in [4.69, 9.17) is 9.15 Å². The highest BCUT2D eigenvalue weighted by Gasteiger charge is 2.42. The van der Waals surface area contributed by atoms with Crippen LogP contribution in [-0.2, 0) is 20.7 Å². The number of hydrogen-bond donors (Lipinski definition) is 1. The molecule has 0 bridgehead atoms. The van der Waals surface area contributed by atoms with E-state index in [2.05, 4.69) is 11.4 Å². The van der Waals surface area contributed by atoms with Crippen LogP contribution in [0.2, 0.25) is 0 Å². The fraction of sp³-hybridized carbons (Fsp3) is 0.286. The molecule has 0 radical (unpaired) electrons. The van der Waals surface area contributed by atoms with E-state index in [9.17, 15) is 9.59 Å². The maximum Gasteiger partial charge on any atom is 0.336 e. The van der Waals surface area contributed by atoms with Gasteiger partial charge in [-0.2, -0.15) is 0 Å². The average molecular weight is 474 g/mol. The van der Waals surface area contributed by atoms with Crippen molar-refractivity contribution in [3.05, 3.63) is 104 Å². The van der Waals surface area contributed by atoms with Gasteiger partial charge in [0.2, 0.25) is 0 Å². The van der Waals surface area contributed by atoms with Crippen LogP contribution in [0, 0.1) is 6.92 Å². The molecule has 5 nitrogen and oxygen atoms in total. The van der Waals surface area contributed by atoms with Crippen molar-refractivity contribution in [3.8, 4) is 0 Å². The lowest BCUT2D eigenvalue weighted by Gasteiger charge is -2.35. The van der Waals surface area contributed by atoms with Gasteiger partial charge in [-0.05, 0) is 49.4 Å². The van der Waals surface area contributed by atoms with Gasteiger partial charge in [-0.25, -0.2) is 4.79 Å². The molecule has 174 valence electrons. The first-order chi connectivity index (χ1) is 16.5. The number of ether oxygens (including phenoxy) is 1. The predicted octanol–water partition coefficient (Wildman–Crippen LogP) is 5.80. The minimum atomic E-state index is -0.564. The van der Waals surface area contributed by atoms with Crippen LogP contribution in [0.3, 0.4) is 0 Å². The van der Waals surface area contributed by atoms with E-state index in [1.807, 2.05) is 67.8 Å². The van der Waals surface area contributed by atoms with Gasteiger partial charge in [-0.15, -0.1) is 11.3 Å². The van der Waals surface area contributed by atoms with Crippen LogP contribution >= 0.6 is 11.3 Å². The largest absolute Gasteiger partial charge is 0.465 e. The normalized spacial score (nSPS) is 20.2. The van der Waals surface area contributed by atoms with Gasteiger partial charge in [0.05, 0.1) is 18.1 Å². The van der Waals surface area contributed by atoms with Gasteiger partial charge in [0, 0.05) is 40.6 Å². The Hall–Kier alpha value is -3.38. The fourth-order valence-corrected chi connectivity index (χ4v) is 5.74. The van der Waals surface area contributed by atoms with E-state index in [0.717, 1.165) is 23.4 Å². The van der Waals surface area contributed by atoms with E-state index in [-0.39, 0.29) is 18.3 Å². The first kappa shape index (κ1) is 22.4. The molecule has 1 aromatic carbocycles. The van der Waals surface area contributed by atoms with E-state index in [0.29, 0.717) is 35.4 Å². The highest BCUT2D eigenvalue weighted by molar-refractivity contribution is 7.10. The smallest absolute Gasteiger partial charge is 0.336 e. The molecule has 2 atom stereocenters. The van der Waals surface area contributed by atoms with E-state index in [1.54, 1.807) is 11.3 Å². The number of furan rings is 1. The van der Waals surface area contributed by atoms with Crippen LogP contribution in [0.15, 0.2) is 86.9 Å². The van der Waals surface area contributed by atoms with E-state index in [1.165, 1.54) is 4.88 Å². The van der Waals surface area contributed by atoms with Crippen LogP contribution < -0.4 is 5.32 Å². The van der Waals surface area contributed by atoms with Crippen LogP contribution in [0.25, 0.3) is 0 Å². The highest BCUT2D eigenvalue weighted by Crippen LogP contribution is 2.46. The number of esters is 1. The molecule has 1 N–H and O–H groups in total. The molecule has 34 heavy (non-hydrogen) atoms. The van der Waals surface area contributed by atoms with Gasteiger partial charge in [-0.1, -0.05) is 36.4 Å². The van der Waals surface area contributed by atoms with Crippen molar-refractivity contribution < 1.29 is 18.7 Å². The highest BCUT2D eigenvalue weighted by atomic mass is 32.1. The summed E-state index contributed by atoms with van der Waals surface area (Å²) in [6.45, 7) is 4.01. The molecule has 1 aliphatic heterocycles. The first-order valence-corrected chi connectivity index (χ1v) is 12.4. The van der Waals surface area contributed by atoms with Gasteiger partial charge in [0.15, 0.2) is 5.78 Å². The SMILES string of the molecule is CC1=C(C(=O)OCCc2ccccc2)[C@H](c2ccc(C)o2)C2=C(C[C@@H](c3cccs3)CC2=O)N1. The maximum atomic E-state index is 13.5. The number of hydrogen-bond acceptors (Lipinski definition) is 6. The Labute approximate surface area is 203 Å². The molecule has 1 aliphatic carbocycles. The summed E-state index contributed by atoms with van der Waals surface area (Å²) < 4.78 is 11.7. The zero-order valence-corrected chi connectivity index (χ0v) is 20.1. The summed E-state index contributed by atoms with van der Waals surface area (Å²) in [7, 11) is 0. The molecule has 0 saturated heterocycles. The van der Waals surface area contributed by atoms with Crippen molar-refractivity contribution in [1.29, 1.82) is 0 Å². The van der Waals surface area contributed by atoms with E-state index >= 15 is 0 Å². The molecule has 2 aliphatic rings. The standard InChI is InChI=1S/C28H27NO4S/c1-17-10-11-23(33-17)27-25(28(31)32-13-12-19-7-4-3-5-8-19)18(2)29-21-15-20(16-22(30)26(21)27)24-9-6-14-34-24/h3-11,14,20,27,29H,12-13,15-16H2,1-2H3/t20-,27+/m1/s1. The average Bonchev–Trinajstić information content (AvgIpc) is 3.51. The Morgan fingerprint density at radius 1 is 1.09 bits per heavy atom. The summed E-state index contributed by atoms with van der Waals surface area (Å²) in [5, 5.41) is 5.43. The topological polar surface area (TPSA) is 68.5 Å². The third kappa shape index (κ3) is 4.38. The summed E-state index contributed by atoms with van der Waals surface area (Å²) in [4.78, 5) is 28.0. The Morgan fingerprint density at radius 2 is 1.91 bits per heavy atom. The molecule has 6 heteroatoms. The number of Topliss-reactive ketones (excluding diaryl/α,β-unsaturated/α-hetero) is 1. The van der Waals surface area contributed by atoms with Gasteiger partial charge in [-0.3, -0.25) is 4.79 Å². The van der Waals surface area contributed by atoms with Crippen LogP contribution in [0.1, 0.15) is 53.6 Å². The molecule has 0 unspecified atom stereocenters. The molecule has 3 aromatic rings. The third-order valence-electron chi connectivity index (χ3n) is 6.51. The Morgan fingerprint density at radius 3 is 2.62 bits per heavy atom. The van der Waals surface area contributed by atoms with Crippen LogP contribution in [-0.4, -0.2) is 18.4 Å². The first-order valence-electron chi connectivity index (χ1n) is 11.6. The minimum Gasteiger partial charge on any atom is -0.465 e. The quantitative estimate of drug-likeness (QED) is 0.459.